The first-order chi connectivity index (χ1) is 15.2. The highest BCUT2D eigenvalue weighted by atomic mass is 32.1. The highest BCUT2D eigenvalue weighted by Crippen LogP contribution is 2.45. The third kappa shape index (κ3) is 4.28. The second-order valence-electron chi connectivity index (χ2n) is 7.85. The number of thiazole rings is 1. The molecule has 1 aliphatic rings. The number of carbonyl (C=O) groups is 1. The average Bonchev–Trinajstić information content (AvgIpc) is 3.38. The van der Waals surface area contributed by atoms with Gasteiger partial charge in [-0.25, -0.2) is 4.98 Å². The number of thiophene rings is 1. The molecule has 5 rings (SSSR count). The van der Waals surface area contributed by atoms with E-state index in [1.54, 1.807) is 22.7 Å². The Bertz CT molecular complexity index is 1180. The maximum atomic E-state index is 12.8. The van der Waals surface area contributed by atoms with Gasteiger partial charge in [-0.1, -0.05) is 49.4 Å². The molecule has 2 aromatic carbocycles. The maximum absolute atomic E-state index is 12.8. The van der Waals surface area contributed by atoms with Crippen LogP contribution in [0.1, 0.15) is 29.3 Å². The van der Waals surface area contributed by atoms with Crippen molar-refractivity contribution in [1.29, 1.82) is 0 Å². The van der Waals surface area contributed by atoms with Crippen LogP contribution >= 0.6 is 22.7 Å². The number of carbonyl (C=O) groups excluding carboxylic acids is 1. The lowest BCUT2D eigenvalue weighted by Crippen LogP contribution is -2.29. The molecule has 0 saturated heterocycles. The highest BCUT2D eigenvalue weighted by Gasteiger charge is 2.27. The van der Waals surface area contributed by atoms with Crippen LogP contribution in [-0.2, 0) is 24.2 Å². The Labute approximate surface area is 190 Å². The van der Waals surface area contributed by atoms with Crippen molar-refractivity contribution in [3.63, 3.8) is 0 Å². The highest BCUT2D eigenvalue weighted by molar-refractivity contribution is 7.22. The van der Waals surface area contributed by atoms with Crippen LogP contribution in [0.25, 0.3) is 20.8 Å². The van der Waals surface area contributed by atoms with Gasteiger partial charge in [0.15, 0.2) is 0 Å². The molecule has 158 valence electrons. The lowest BCUT2D eigenvalue weighted by Gasteiger charge is -2.25. The number of likely N-dealkylation sites (N-methyl/N-ethyl adjacent to an activating group) is 1. The van der Waals surface area contributed by atoms with E-state index in [-0.39, 0.29) is 5.91 Å². The van der Waals surface area contributed by atoms with Crippen molar-refractivity contribution in [2.75, 3.05) is 18.4 Å². The van der Waals surface area contributed by atoms with E-state index in [0.717, 1.165) is 53.6 Å². The Hall–Kier alpha value is -2.54. The number of hydrogen-bond acceptors (Lipinski definition) is 5. The Morgan fingerprint density at radius 2 is 1.90 bits per heavy atom. The fourth-order valence-electron chi connectivity index (χ4n) is 4.11. The van der Waals surface area contributed by atoms with Gasteiger partial charge in [-0.2, -0.15) is 0 Å². The first-order valence-electron chi connectivity index (χ1n) is 10.8. The van der Waals surface area contributed by atoms with Gasteiger partial charge in [-0.15, -0.1) is 22.7 Å². The number of para-hydroxylation sites is 1. The molecule has 0 fully saturated rings. The zero-order valence-electron chi connectivity index (χ0n) is 17.6. The number of nitrogens with zero attached hydrogens (tertiary/aromatic N) is 2. The minimum Gasteiger partial charge on any atom is -0.317 e. The molecular weight excluding hydrogens is 422 g/mol. The lowest BCUT2D eigenvalue weighted by atomic mass is 10.0. The van der Waals surface area contributed by atoms with Gasteiger partial charge in [0.2, 0.25) is 5.91 Å². The van der Waals surface area contributed by atoms with Gasteiger partial charge in [-0.3, -0.25) is 9.69 Å². The zero-order valence-corrected chi connectivity index (χ0v) is 19.2. The molecule has 31 heavy (non-hydrogen) atoms. The van der Waals surface area contributed by atoms with E-state index in [1.807, 2.05) is 24.3 Å². The minimum absolute atomic E-state index is 0.0668. The average molecular weight is 448 g/mol. The van der Waals surface area contributed by atoms with Gasteiger partial charge >= 0.3 is 0 Å². The Morgan fingerprint density at radius 3 is 2.71 bits per heavy atom. The van der Waals surface area contributed by atoms with Crippen LogP contribution in [0.15, 0.2) is 54.6 Å². The van der Waals surface area contributed by atoms with Gasteiger partial charge in [0.25, 0.3) is 0 Å². The van der Waals surface area contributed by atoms with E-state index >= 15 is 0 Å². The number of aromatic nitrogens is 1. The third-order valence-electron chi connectivity index (χ3n) is 5.83. The lowest BCUT2D eigenvalue weighted by molar-refractivity contribution is -0.116. The monoisotopic (exact) mass is 447 g/mol. The first kappa shape index (κ1) is 20.4. The van der Waals surface area contributed by atoms with Crippen molar-refractivity contribution in [2.24, 2.45) is 0 Å². The summed E-state index contributed by atoms with van der Waals surface area (Å²) in [5, 5.41) is 5.22. The molecule has 0 radical (unpaired) electrons. The van der Waals surface area contributed by atoms with Gasteiger partial charge in [0.05, 0.1) is 10.2 Å². The Balaban J connectivity index is 1.46. The SMILES string of the molecule is CCN1CCc2c(sc(NC(=O)CCc3ccccc3)c2-c2nc3ccccc3s2)C1. The fraction of sp³-hybridized carbons (Fsp3) is 0.280. The number of amides is 1. The van der Waals surface area contributed by atoms with E-state index in [4.69, 9.17) is 4.98 Å². The summed E-state index contributed by atoms with van der Waals surface area (Å²) in [5.74, 6) is 0.0668. The van der Waals surface area contributed by atoms with Crippen molar-refractivity contribution in [3.8, 4) is 10.6 Å². The van der Waals surface area contributed by atoms with Crippen LogP contribution in [-0.4, -0.2) is 28.9 Å². The topological polar surface area (TPSA) is 45.2 Å². The molecule has 3 heterocycles. The summed E-state index contributed by atoms with van der Waals surface area (Å²) in [5.41, 5.74) is 4.72. The molecular formula is C25H25N3OS2. The molecule has 0 spiro atoms. The summed E-state index contributed by atoms with van der Waals surface area (Å²) in [6, 6.07) is 18.4. The van der Waals surface area contributed by atoms with Gasteiger partial charge in [0.1, 0.15) is 10.0 Å². The second kappa shape index (κ2) is 8.91. The Morgan fingerprint density at radius 1 is 1.10 bits per heavy atom. The molecule has 2 aromatic heterocycles. The van der Waals surface area contributed by atoms with E-state index in [2.05, 4.69) is 47.5 Å². The predicted octanol–water partition coefficient (Wildman–Crippen LogP) is 5.97. The minimum atomic E-state index is 0.0668. The maximum Gasteiger partial charge on any atom is 0.225 e. The molecule has 0 aliphatic carbocycles. The standard InChI is InChI=1S/C25H25N3OS2/c1-2-28-15-14-18-21(16-28)31-25(27-22(29)13-12-17-8-4-3-5-9-17)23(18)24-26-19-10-6-7-11-20(19)30-24/h3-11H,2,12-16H2,1H3,(H,27,29). The van der Waals surface area contributed by atoms with Crippen molar-refractivity contribution in [3.05, 3.63) is 70.6 Å². The molecule has 0 bridgehead atoms. The second-order valence-corrected chi connectivity index (χ2v) is 9.98. The van der Waals surface area contributed by atoms with E-state index < -0.39 is 0 Å². The number of anilines is 1. The first-order valence-corrected chi connectivity index (χ1v) is 12.4. The largest absolute Gasteiger partial charge is 0.317 e. The zero-order chi connectivity index (χ0) is 21.2. The number of benzene rings is 2. The van der Waals surface area contributed by atoms with Crippen molar-refractivity contribution >= 4 is 43.8 Å². The summed E-state index contributed by atoms with van der Waals surface area (Å²) < 4.78 is 1.18. The van der Waals surface area contributed by atoms with E-state index in [1.165, 1.54) is 20.7 Å². The molecule has 4 nitrogen and oxygen atoms in total. The molecule has 0 unspecified atom stereocenters. The number of fused-ring (bicyclic) bond motifs is 2. The van der Waals surface area contributed by atoms with Crippen molar-refractivity contribution in [2.45, 2.75) is 32.7 Å². The van der Waals surface area contributed by atoms with Crippen LogP contribution in [0.3, 0.4) is 0 Å². The normalized spacial score (nSPS) is 14.0. The fourth-order valence-corrected chi connectivity index (χ4v) is 6.53. The summed E-state index contributed by atoms with van der Waals surface area (Å²) in [6.07, 6.45) is 2.23. The summed E-state index contributed by atoms with van der Waals surface area (Å²) in [6.45, 7) is 5.26. The Kier molecular flexibility index (Phi) is 5.85. The predicted molar refractivity (Wildman–Crippen MR) is 131 cm³/mol. The van der Waals surface area contributed by atoms with Crippen LogP contribution in [0.4, 0.5) is 5.00 Å². The van der Waals surface area contributed by atoms with Crippen molar-refractivity contribution in [1.82, 2.24) is 9.88 Å². The molecule has 1 N–H and O–H groups in total. The van der Waals surface area contributed by atoms with Crippen LogP contribution in [0, 0.1) is 0 Å². The van der Waals surface area contributed by atoms with Gasteiger partial charge in [0, 0.05) is 30.0 Å². The van der Waals surface area contributed by atoms with E-state index in [9.17, 15) is 4.79 Å². The van der Waals surface area contributed by atoms with Crippen LogP contribution in [0.5, 0.6) is 0 Å². The number of hydrogen-bond donors (Lipinski definition) is 1. The molecule has 0 saturated carbocycles. The molecule has 6 heteroatoms. The quantitative estimate of drug-likeness (QED) is 0.396. The smallest absolute Gasteiger partial charge is 0.225 e. The van der Waals surface area contributed by atoms with Crippen molar-refractivity contribution < 1.29 is 4.79 Å². The van der Waals surface area contributed by atoms with E-state index in [0.29, 0.717) is 6.42 Å². The van der Waals surface area contributed by atoms with Crippen LogP contribution < -0.4 is 5.32 Å². The van der Waals surface area contributed by atoms with Gasteiger partial charge in [-0.05, 0) is 42.6 Å². The molecule has 0 atom stereocenters. The molecule has 4 aromatic rings. The summed E-state index contributed by atoms with van der Waals surface area (Å²) in [7, 11) is 0. The number of rotatable bonds is 6. The molecule has 1 aliphatic heterocycles. The van der Waals surface area contributed by atoms with Gasteiger partial charge < -0.3 is 5.32 Å². The number of nitrogens with one attached hydrogen (secondary N) is 1. The summed E-state index contributed by atoms with van der Waals surface area (Å²) in [4.78, 5) is 21.6. The van der Waals surface area contributed by atoms with Crippen LogP contribution in [0.2, 0.25) is 0 Å². The summed E-state index contributed by atoms with van der Waals surface area (Å²) >= 11 is 3.45. The third-order valence-corrected chi connectivity index (χ3v) is 8.01. The molecule has 1 amide bonds. The number of aryl methyl sites for hydroxylation is 1.